The van der Waals surface area contributed by atoms with Crippen molar-refractivity contribution in [3.05, 3.63) is 35.9 Å². The van der Waals surface area contributed by atoms with E-state index < -0.39 is 0 Å². The van der Waals surface area contributed by atoms with Crippen LogP contribution in [0.5, 0.6) is 0 Å². The summed E-state index contributed by atoms with van der Waals surface area (Å²) in [5.74, 6) is 0. The number of rotatable bonds is 0. The van der Waals surface area contributed by atoms with Crippen LogP contribution in [0.3, 0.4) is 0 Å². The summed E-state index contributed by atoms with van der Waals surface area (Å²) in [5.41, 5.74) is 1.32. The van der Waals surface area contributed by atoms with E-state index in [0.717, 1.165) is 0 Å². The summed E-state index contributed by atoms with van der Waals surface area (Å²) in [6.45, 7) is 6.08. The molecule has 1 aromatic carbocycles. The third-order valence-electron chi connectivity index (χ3n) is 0.940. The maximum absolute atomic E-state index is 3.53. The Bertz CT molecular complexity index is 135. The summed E-state index contributed by atoms with van der Waals surface area (Å²) in [5, 5.41) is 0. The quantitative estimate of drug-likeness (QED) is 0.565. The molecule has 0 unspecified atom stereocenters. The van der Waals surface area contributed by atoms with Crippen LogP contribution >= 0.6 is 12.6 Å². The standard InChI is InChI=1S/C7H8.C2H6.CH4S/c1-7-5-3-2-4-6-7;2*1-2/h2-6H,1H3;1-2H3;2H,1H3. The number of aryl methyl sites for hydroxylation is 1. The van der Waals surface area contributed by atoms with Gasteiger partial charge in [-0.25, -0.2) is 0 Å². The number of thiol groups is 1. The van der Waals surface area contributed by atoms with E-state index in [1.54, 1.807) is 6.26 Å². The van der Waals surface area contributed by atoms with Gasteiger partial charge in [-0.3, -0.25) is 0 Å². The molecule has 11 heavy (non-hydrogen) atoms. The SMILES string of the molecule is CC.CS.Cc1ccccc1. The number of hydrogen-bond donors (Lipinski definition) is 1. The molecule has 0 amide bonds. The molecule has 0 aliphatic rings. The van der Waals surface area contributed by atoms with Gasteiger partial charge in [0, 0.05) is 0 Å². The second-order valence-electron chi connectivity index (χ2n) is 1.65. The summed E-state index contributed by atoms with van der Waals surface area (Å²) in [7, 11) is 0. The Labute approximate surface area is 76.1 Å². The zero-order valence-electron chi connectivity index (χ0n) is 7.83. The van der Waals surface area contributed by atoms with Gasteiger partial charge in [-0.05, 0) is 13.2 Å². The first-order chi connectivity index (χ1) is 5.39. The molecule has 0 aromatic heterocycles. The Hall–Kier alpha value is -0.430. The minimum Gasteiger partial charge on any atom is -0.183 e. The highest BCUT2D eigenvalue weighted by Crippen LogP contribution is 1.92. The predicted molar refractivity (Wildman–Crippen MR) is 57.4 cm³/mol. The Morgan fingerprint density at radius 3 is 1.45 bits per heavy atom. The average Bonchev–Trinajstić information content (AvgIpc) is 2.13. The molecule has 0 radical (unpaired) electrons. The monoisotopic (exact) mass is 170 g/mol. The molecule has 0 saturated heterocycles. The molecule has 64 valence electrons. The van der Waals surface area contributed by atoms with Crippen molar-refractivity contribution in [2.24, 2.45) is 0 Å². The van der Waals surface area contributed by atoms with Gasteiger partial charge in [0.15, 0.2) is 0 Å². The fourth-order valence-corrected chi connectivity index (χ4v) is 0.534. The third kappa shape index (κ3) is 9.57. The van der Waals surface area contributed by atoms with Crippen LogP contribution in [0.2, 0.25) is 0 Å². The number of hydrogen-bond acceptors (Lipinski definition) is 1. The molecule has 1 heteroatoms. The van der Waals surface area contributed by atoms with Gasteiger partial charge >= 0.3 is 0 Å². The molecule has 0 fully saturated rings. The smallest absolute Gasteiger partial charge is 0.0215 e. The first-order valence-corrected chi connectivity index (χ1v) is 4.75. The average molecular weight is 170 g/mol. The van der Waals surface area contributed by atoms with Crippen molar-refractivity contribution in [1.82, 2.24) is 0 Å². The van der Waals surface area contributed by atoms with Gasteiger partial charge < -0.3 is 0 Å². The van der Waals surface area contributed by atoms with E-state index in [-0.39, 0.29) is 0 Å². The van der Waals surface area contributed by atoms with Crippen LogP contribution in [0, 0.1) is 6.92 Å². The molecule has 0 aliphatic heterocycles. The maximum atomic E-state index is 3.53. The fraction of sp³-hybridized carbons (Fsp3) is 0.400. The van der Waals surface area contributed by atoms with Crippen LogP contribution in [0.1, 0.15) is 19.4 Å². The van der Waals surface area contributed by atoms with Crippen LogP contribution in [0.25, 0.3) is 0 Å². The summed E-state index contributed by atoms with van der Waals surface area (Å²) in [6.07, 6.45) is 1.69. The van der Waals surface area contributed by atoms with Gasteiger partial charge in [-0.15, -0.1) is 0 Å². The van der Waals surface area contributed by atoms with E-state index in [4.69, 9.17) is 0 Å². The van der Waals surface area contributed by atoms with Gasteiger partial charge in [-0.1, -0.05) is 49.7 Å². The lowest BCUT2D eigenvalue weighted by molar-refractivity contribution is 1.48. The van der Waals surface area contributed by atoms with E-state index in [0.29, 0.717) is 0 Å². The van der Waals surface area contributed by atoms with Crippen molar-refractivity contribution in [3.63, 3.8) is 0 Å². The highest BCUT2D eigenvalue weighted by Gasteiger charge is 1.72. The van der Waals surface area contributed by atoms with E-state index >= 15 is 0 Å². The Kier molecular flexibility index (Phi) is 14.7. The van der Waals surface area contributed by atoms with Gasteiger partial charge in [0.1, 0.15) is 0 Å². The van der Waals surface area contributed by atoms with E-state index in [9.17, 15) is 0 Å². The van der Waals surface area contributed by atoms with Crippen molar-refractivity contribution in [2.45, 2.75) is 20.8 Å². The highest BCUT2D eigenvalue weighted by molar-refractivity contribution is 7.79. The largest absolute Gasteiger partial charge is 0.183 e. The fourth-order valence-electron chi connectivity index (χ4n) is 0.534. The first-order valence-electron chi connectivity index (χ1n) is 3.86. The summed E-state index contributed by atoms with van der Waals surface area (Å²) in [4.78, 5) is 0. The molecule has 0 saturated carbocycles. The lowest BCUT2D eigenvalue weighted by Crippen LogP contribution is -1.62. The molecule has 0 aliphatic carbocycles. The zero-order chi connectivity index (χ0) is 9.11. The molecular weight excluding hydrogens is 152 g/mol. The summed E-state index contributed by atoms with van der Waals surface area (Å²) < 4.78 is 0. The van der Waals surface area contributed by atoms with Crippen LogP contribution in [0.15, 0.2) is 30.3 Å². The van der Waals surface area contributed by atoms with Crippen molar-refractivity contribution in [3.8, 4) is 0 Å². The molecule has 0 heterocycles. The van der Waals surface area contributed by atoms with Crippen LogP contribution in [0.4, 0.5) is 0 Å². The third-order valence-corrected chi connectivity index (χ3v) is 0.940. The summed E-state index contributed by atoms with van der Waals surface area (Å²) in [6, 6.07) is 10.3. The van der Waals surface area contributed by atoms with E-state index in [1.165, 1.54) is 5.56 Å². The van der Waals surface area contributed by atoms with Crippen molar-refractivity contribution >= 4 is 12.6 Å². The molecule has 1 aromatic rings. The maximum Gasteiger partial charge on any atom is -0.0215 e. The minimum absolute atomic E-state index is 1.32. The van der Waals surface area contributed by atoms with Crippen molar-refractivity contribution in [2.75, 3.05) is 6.26 Å². The van der Waals surface area contributed by atoms with Crippen LogP contribution in [-0.2, 0) is 0 Å². The lowest BCUT2D eigenvalue weighted by atomic mass is 10.2. The van der Waals surface area contributed by atoms with Crippen molar-refractivity contribution in [1.29, 1.82) is 0 Å². The Morgan fingerprint density at radius 1 is 0.909 bits per heavy atom. The van der Waals surface area contributed by atoms with Gasteiger partial charge in [0.2, 0.25) is 0 Å². The lowest BCUT2D eigenvalue weighted by Gasteiger charge is -1.82. The first kappa shape index (κ1) is 13.2. The zero-order valence-corrected chi connectivity index (χ0v) is 8.73. The molecule has 0 N–H and O–H groups in total. The van der Waals surface area contributed by atoms with Gasteiger partial charge in [0.05, 0.1) is 0 Å². The second-order valence-corrected chi connectivity index (χ2v) is 1.65. The second kappa shape index (κ2) is 12.3. The highest BCUT2D eigenvalue weighted by atomic mass is 32.1. The molecule has 0 nitrogen and oxygen atoms in total. The predicted octanol–water partition coefficient (Wildman–Crippen LogP) is 3.57. The minimum atomic E-state index is 1.32. The molecule has 0 atom stereocenters. The van der Waals surface area contributed by atoms with Gasteiger partial charge in [0.25, 0.3) is 0 Å². The van der Waals surface area contributed by atoms with Crippen LogP contribution < -0.4 is 0 Å². The normalized spacial score (nSPS) is 6.64. The molecule has 1 rings (SSSR count). The number of benzene rings is 1. The molecular formula is C10H18S. The Balaban J connectivity index is 0. The Morgan fingerprint density at radius 2 is 1.27 bits per heavy atom. The van der Waals surface area contributed by atoms with Crippen LogP contribution in [-0.4, -0.2) is 6.26 Å². The summed E-state index contributed by atoms with van der Waals surface area (Å²) >= 11 is 3.53. The van der Waals surface area contributed by atoms with E-state index in [2.05, 4.69) is 31.7 Å². The van der Waals surface area contributed by atoms with Gasteiger partial charge in [-0.2, -0.15) is 12.6 Å². The van der Waals surface area contributed by atoms with E-state index in [1.807, 2.05) is 32.0 Å². The molecule has 0 spiro atoms. The molecule has 0 bridgehead atoms. The topological polar surface area (TPSA) is 0 Å². The van der Waals surface area contributed by atoms with Crippen molar-refractivity contribution < 1.29 is 0 Å².